The minimum absolute atomic E-state index is 0.250. The minimum Gasteiger partial charge on any atom is -0.497 e. The molecule has 3 rings (SSSR count). The predicted molar refractivity (Wildman–Crippen MR) is 88.6 cm³/mol. The van der Waals surface area contributed by atoms with Crippen LogP contribution in [0, 0.1) is 0 Å². The van der Waals surface area contributed by atoms with E-state index in [4.69, 9.17) is 4.74 Å². The van der Waals surface area contributed by atoms with Crippen molar-refractivity contribution in [2.24, 2.45) is 0 Å². The van der Waals surface area contributed by atoms with Crippen LogP contribution >= 0.6 is 0 Å². The van der Waals surface area contributed by atoms with Crippen LogP contribution in [0.15, 0.2) is 36.6 Å². The second kappa shape index (κ2) is 6.82. The molecule has 0 N–H and O–H groups in total. The molecule has 0 atom stereocenters. The number of rotatable bonds is 3. The van der Waals surface area contributed by atoms with Crippen LogP contribution < -0.4 is 4.74 Å². The van der Waals surface area contributed by atoms with Crippen LogP contribution in [0.25, 0.3) is 5.57 Å². The van der Waals surface area contributed by atoms with Crippen LogP contribution in [0.1, 0.15) is 43.2 Å². The first kappa shape index (κ1) is 14.9. The molecule has 0 bridgehead atoms. The minimum atomic E-state index is 0.250. The standard InChI is InChI=1S/C19H23NO2/c1-22-17-9-10-18-15(6-5-7-16(18)14-17)11-13-20-12-4-2-3-8-19(20)21/h6,9-11,13-14H,2-5,7-8,12H2,1H3/b13-11+. The first-order valence-corrected chi connectivity index (χ1v) is 8.13. The van der Waals surface area contributed by atoms with Crippen LogP contribution in [0.5, 0.6) is 5.75 Å². The fourth-order valence-electron chi connectivity index (χ4n) is 3.17. The summed E-state index contributed by atoms with van der Waals surface area (Å²) in [6, 6.07) is 6.24. The number of amides is 1. The first-order chi connectivity index (χ1) is 10.8. The highest BCUT2D eigenvalue weighted by Crippen LogP contribution is 2.30. The van der Waals surface area contributed by atoms with Gasteiger partial charge in [0.05, 0.1) is 7.11 Å². The zero-order valence-electron chi connectivity index (χ0n) is 13.2. The Labute approximate surface area is 132 Å². The molecule has 22 heavy (non-hydrogen) atoms. The number of benzene rings is 1. The fraction of sp³-hybridized carbons (Fsp3) is 0.421. The van der Waals surface area contributed by atoms with Crippen molar-refractivity contribution in [2.75, 3.05) is 13.7 Å². The number of methoxy groups -OCH3 is 1. The molecule has 0 radical (unpaired) electrons. The summed E-state index contributed by atoms with van der Waals surface area (Å²) >= 11 is 0. The molecule has 116 valence electrons. The van der Waals surface area contributed by atoms with Gasteiger partial charge in [-0.15, -0.1) is 0 Å². The molecule has 1 heterocycles. The highest BCUT2D eigenvalue weighted by molar-refractivity contribution is 5.80. The van der Waals surface area contributed by atoms with Gasteiger partial charge >= 0.3 is 0 Å². The Morgan fingerprint density at radius 3 is 2.95 bits per heavy atom. The van der Waals surface area contributed by atoms with E-state index in [-0.39, 0.29) is 5.91 Å². The molecule has 1 aliphatic heterocycles. The maximum atomic E-state index is 12.1. The van der Waals surface area contributed by atoms with Gasteiger partial charge in [0.1, 0.15) is 5.75 Å². The van der Waals surface area contributed by atoms with Gasteiger partial charge in [-0.1, -0.05) is 18.6 Å². The van der Waals surface area contributed by atoms with E-state index in [1.165, 1.54) is 16.7 Å². The Hall–Kier alpha value is -2.03. The normalized spacial score (nSPS) is 18.9. The number of aryl methyl sites for hydroxylation is 1. The lowest BCUT2D eigenvalue weighted by molar-refractivity contribution is -0.128. The summed E-state index contributed by atoms with van der Waals surface area (Å²) in [4.78, 5) is 13.9. The number of likely N-dealkylation sites (tertiary alicyclic amines) is 1. The second-order valence-electron chi connectivity index (χ2n) is 5.93. The van der Waals surface area contributed by atoms with Gasteiger partial charge in [0.25, 0.3) is 0 Å². The smallest absolute Gasteiger partial charge is 0.226 e. The number of allylic oxidation sites excluding steroid dienone is 3. The molecule has 0 spiro atoms. The predicted octanol–water partition coefficient (Wildman–Crippen LogP) is 3.94. The third-order valence-corrected chi connectivity index (χ3v) is 4.45. The Bertz CT molecular complexity index is 616. The number of nitrogens with zero attached hydrogens (tertiary/aromatic N) is 1. The molecule has 1 aromatic rings. The number of carbonyl (C=O) groups excluding carboxylic acids is 1. The Balaban J connectivity index is 1.79. The third kappa shape index (κ3) is 3.24. The molecule has 1 aromatic carbocycles. The van der Waals surface area contributed by atoms with E-state index in [1.807, 2.05) is 17.2 Å². The molecule has 1 saturated heterocycles. The average molecular weight is 297 g/mol. The van der Waals surface area contributed by atoms with Crippen LogP contribution in [0.3, 0.4) is 0 Å². The molecule has 1 aliphatic carbocycles. The van der Waals surface area contributed by atoms with Crippen molar-refractivity contribution in [3.05, 3.63) is 47.7 Å². The summed E-state index contributed by atoms with van der Waals surface area (Å²) in [7, 11) is 1.70. The van der Waals surface area contributed by atoms with E-state index in [0.717, 1.165) is 44.4 Å². The lowest BCUT2D eigenvalue weighted by Gasteiger charge is -2.19. The fourth-order valence-corrected chi connectivity index (χ4v) is 3.17. The Kier molecular flexibility index (Phi) is 4.62. The van der Waals surface area contributed by atoms with Crippen molar-refractivity contribution in [3.63, 3.8) is 0 Å². The van der Waals surface area contributed by atoms with E-state index in [2.05, 4.69) is 24.3 Å². The summed E-state index contributed by atoms with van der Waals surface area (Å²) in [6.45, 7) is 0.845. The van der Waals surface area contributed by atoms with Crippen LogP contribution in [0.2, 0.25) is 0 Å². The first-order valence-electron chi connectivity index (χ1n) is 8.13. The number of hydrogen-bond donors (Lipinski definition) is 0. The molecule has 3 nitrogen and oxygen atoms in total. The number of carbonyl (C=O) groups is 1. The molecular weight excluding hydrogens is 274 g/mol. The van der Waals surface area contributed by atoms with Gasteiger partial charge in [-0.3, -0.25) is 4.79 Å². The third-order valence-electron chi connectivity index (χ3n) is 4.45. The van der Waals surface area contributed by atoms with Crippen LogP contribution in [-0.2, 0) is 11.2 Å². The van der Waals surface area contributed by atoms with Gasteiger partial charge in [-0.05, 0) is 60.6 Å². The summed E-state index contributed by atoms with van der Waals surface area (Å²) in [5.74, 6) is 1.16. The SMILES string of the molecule is COc1ccc2c(c1)CCC=C2/C=C/N1CCCCCC1=O. The molecule has 2 aliphatic rings. The van der Waals surface area contributed by atoms with E-state index < -0.39 is 0 Å². The molecule has 0 aromatic heterocycles. The summed E-state index contributed by atoms with van der Waals surface area (Å²) in [5, 5.41) is 0. The van der Waals surface area contributed by atoms with Crippen molar-refractivity contribution < 1.29 is 9.53 Å². The monoisotopic (exact) mass is 297 g/mol. The maximum Gasteiger partial charge on any atom is 0.226 e. The van der Waals surface area contributed by atoms with E-state index in [1.54, 1.807) is 7.11 Å². The summed E-state index contributed by atoms with van der Waals surface area (Å²) < 4.78 is 5.31. The largest absolute Gasteiger partial charge is 0.497 e. The maximum absolute atomic E-state index is 12.1. The highest BCUT2D eigenvalue weighted by atomic mass is 16.5. The van der Waals surface area contributed by atoms with Gasteiger partial charge in [-0.25, -0.2) is 0 Å². The quantitative estimate of drug-likeness (QED) is 0.845. The zero-order valence-corrected chi connectivity index (χ0v) is 13.2. The van der Waals surface area contributed by atoms with Crippen LogP contribution in [0.4, 0.5) is 0 Å². The lowest BCUT2D eigenvalue weighted by atomic mass is 9.90. The second-order valence-corrected chi connectivity index (χ2v) is 5.93. The van der Waals surface area contributed by atoms with Crippen LogP contribution in [-0.4, -0.2) is 24.5 Å². The molecule has 1 fully saturated rings. The van der Waals surface area contributed by atoms with E-state index in [9.17, 15) is 4.79 Å². The molecule has 1 amide bonds. The molecular formula is C19H23NO2. The van der Waals surface area contributed by atoms with Crippen molar-refractivity contribution in [2.45, 2.75) is 38.5 Å². The van der Waals surface area contributed by atoms with Gasteiger partial charge in [0, 0.05) is 19.2 Å². The molecule has 0 saturated carbocycles. The van der Waals surface area contributed by atoms with E-state index >= 15 is 0 Å². The zero-order chi connectivity index (χ0) is 15.4. The van der Waals surface area contributed by atoms with Crippen molar-refractivity contribution >= 4 is 11.5 Å². The van der Waals surface area contributed by atoms with Crippen molar-refractivity contribution in [1.29, 1.82) is 0 Å². The van der Waals surface area contributed by atoms with Crippen molar-refractivity contribution in [1.82, 2.24) is 4.90 Å². The lowest BCUT2D eigenvalue weighted by Crippen LogP contribution is -2.24. The van der Waals surface area contributed by atoms with Gasteiger partial charge in [-0.2, -0.15) is 0 Å². The summed E-state index contributed by atoms with van der Waals surface area (Å²) in [5.41, 5.74) is 3.79. The van der Waals surface area contributed by atoms with Gasteiger partial charge in [0.2, 0.25) is 5.91 Å². The Morgan fingerprint density at radius 1 is 1.18 bits per heavy atom. The van der Waals surface area contributed by atoms with Gasteiger partial charge < -0.3 is 9.64 Å². The Morgan fingerprint density at radius 2 is 2.09 bits per heavy atom. The van der Waals surface area contributed by atoms with Gasteiger partial charge in [0.15, 0.2) is 0 Å². The summed E-state index contributed by atoms with van der Waals surface area (Å²) in [6.07, 6.45) is 12.4. The van der Waals surface area contributed by atoms with Crippen molar-refractivity contribution in [3.8, 4) is 5.75 Å². The number of hydrogen-bond acceptors (Lipinski definition) is 2. The number of ether oxygens (including phenoxy) is 1. The topological polar surface area (TPSA) is 29.5 Å². The molecule has 0 unspecified atom stereocenters. The van der Waals surface area contributed by atoms with E-state index in [0.29, 0.717) is 6.42 Å². The number of fused-ring (bicyclic) bond motifs is 1. The highest BCUT2D eigenvalue weighted by Gasteiger charge is 2.15. The average Bonchev–Trinajstić information content (AvgIpc) is 2.76. The molecule has 3 heteroatoms.